The second-order valence-electron chi connectivity index (χ2n) is 4.57. The van der Waals surface area contributed by atoms with Gasteiger partial charge in [-0.2, -0.15) is 4.31 Å². The van der Waals surface area contributed by atoms with E-state index in [4.69, 9.17) is 4.74 Å². The van der Waals surface area contributed by atoms with Gasteiger partial charge in [0.15, 0.2) is 0 Å². The Hall–Kier alpha value is -1.11. The molecule has 1 saturated heterocycles. The number of β-amino-alcohol motifs (C(OH)–C–C–N with tert-alkyl or cyclic N) is 1. The van der Waals surface area contributed by atoms with Gasteiger partial charge < -0.3 is 9.84 Å². The molecule has 1 aliphatic rings. The highest BCUT2D eigenvalue weighted by atomic mass is 32.2. The van der Waals surface area contributed by atoms with Crippen molar-refractivity contribution in [1.29, 1.82) is 0 Å². The molecule has 0 spiro atoms. The first-order valence-electron chi connectivity index (χ1n) is 5.69. The summed E-state index contributed by atoms with van der Waals surface area (Å²) in [7, 11) is -1.95. The van der Waals surface area contributed by atoms with Crippen LogP contribution < -0.4 is 4.74 Å². The zero-order valence-corrected chi connectivity index (χ0v) is 11.5. The standard InChI is InChI=1S/C12H17NO4S/c1-8-4-11(17-3)5-9(2)12(8)18(15,16)13-6-10(14)7-13/h4-5,10,14H,6-7H2,1-3H3. The van der Waals surface area contributed by atoms with Crippen molar-refractivity contribution in [1.82, 2.24) is 4.31 Å². The minimum Gasteiger partial charge on any atom is -0.497 e. The van der Waals surface area contributed by atoms with Gasteiger partial charge in [-0.3, -0.25) is 0 Å². The molecule has 1 aliphatic heterocycles. The van der Waals surface area contributed by atoms with Gasteiger partial charge in [0, 0.05) is 13.1 Å². The molecule has 18 heavy (non-hydrogen) atoms. The normalized spacial score (nSPS) is 17.6. The lowest BCUT2D eigenvalue weighted by atomic mass is 10.1. The van der Waals surface area contributed by atoms with Crippen molar-refractivity contribution < 1.29 is 18.3 Å². The molecular weight excluding hydrogens is 254 g/mol. The number of nitrogens with zero attached hydrogens (tertiary/aromatic N) is 1. The third-order valence-corrected chi connectivity index (χ3v) is 5.23. The van der Waals surface area contributed by atoms with Crippen molar-refractivity contribution in [3.63, 3.8) is 0 Å². The van der Waals surface area contributed by atoms with Gasteiger partial charge in [0.05, 0.1) is 18.1 Å². The van der Waals surface area contributed by atoms with Gasteiger partial charge in [-0.25, -0.2) is 8.42 Å². The van der Waals surface area contributed by atoms with Crippen molar-refractivity contribution in [2.45, 2.75) is 24.8 Å². The Morgan fingerprint density at radius 2 is 1.78 bits per heavy atom. The average molecular weight is 271 g/mol. The first kappa shape index (κ1) is 13.3. The summed E-state index contributed by atoms with van der Waals surface area (Å²) in [6.07, 6.45) is -0.543. The molecule has 0 amide bonds. The summed E-state index contributed by atoms with van der Waals surface area (Å²) >= 11 is 0. The molecule has 0 radical (unpaired) electrons. The third-order valence-electron chi connectivity index (χ3n) is 3.10. The summed E-state index contributed by atoms with van der Waals surface area (Å²) in [5.41, 5.74) is 1.32. The van der Waals surface area contributed by atoms with Crippen molar-refractivity contribution in [2.75, 3.05) is 20.2 Å². The number of aliphatic hydroxyl groups excluding tert-OH is 1. The van der Waals surface area contributed by atoms with Gasteiger partial charge in [-0.1, -0.05) is 0 Å². The summed E-state index contributed by atoms with van der Waals surface area (Å²) in [6.45, 7) is 3.84. The second-order valence-corrected chi connectivity index (χ2v) is 6.44. The highest BCUT2D eigenvalue weighted by Crippen LogP contribution is 2.30. The fourth-order valence-corrected chi connectivity index (χ4v) is 4.10. The first-order chi connectivity index (χ1) is 8.36. The van der Waals surface area contributed by atoms with Crippen molar-refractivity contribution >= 4 is 10.0 Å². The molecule has 0 bridgehead atoms. The van der Waals surface area contributed by atoms with Gasteiger partial charge in [0.25, 0.3) is 0 Å². The Bertz CT molecular complexity index is 538. The summed E-state index contributed by atoms with van der Waals surface area (Å²) in [5.74, 6) is 0.646. The van der Waals surface area contributed by atoms with Crippen LogP contribution in [-0.2, 0) is 10.0 Å². The summed E-state index contributed by atoms with van der Waals surface area (Å²) in [4.78, 5) is 0.315. The van der Waals surface area contributed by atoms with Crippen molar-refractivity contribution in [2.24, 2.45) is 0 Å². The van der Waals surface area contributed by atoms with E-state index in [1.807, 2.05) is 0 Å². The number of aliphatic hydroxyl groups is 1. The monoisotopic (exact) mass is 271 g/mol. The Labute approximate surface area is 107 Å². The Morgan fingerprint density at radius 3 is 2.17 bits per heavy atom. The van der Waals surface area contributed by atoms with E-state index in [0.29, 0.717) is 21.8 Å². The molecule has 1 aromatic rings. The lowest BCUT2D eigenvalue weighted by Gasteiger charge is -2.35. The molecule has 1 heterocycles. The number of aryl methyl sites for hydroxylation is 2. The first-order valence-corrected chi connectivity index (χ1v) is 7.13. The fraction of sp³-hybridized carbons (Fsp3) is 0.500. The maximum Gasteiger partial charge on any atom is 0.243 e. The second kappa shape index (κ2) is 4.53. The Morgan fingerprint density at radius 1 is 1.28 bits per heavy atom. The van der Waals surface area contributed by atoms with Crippen molar-refractivity contribution in [3.05, 3.63) is 23.3 Å². The van der Waals surface area contributed by atoms with Crippen LogP contribution in [0.15, 0.2) is 17.0 Å². The molecule has 0 atom stereocenters. The minimum absolute atomic E-state index is 0.174. The van der Waals surface area contributed by atoms with Crippen LogP contribution >= 0.6 is 0 Å². The van der Waals surface area contributed by atoms with Gasteiger partial charge in [0.2, 0.25) is 10.0 Å². The van der Waals surface area contributed by atoms with Crippen LogP contribution in [0.2, 0.25) is 0 Å². The van der Waals surface area contributed by atoms with Crippen LogP contribution in [-0.4, -0.2) is 44.1 Å². The zero-order chi connectivity index (χ0) is 13.5. The van der Waals surface area contributed by atoms with E-state index in [2.05, 4.69) is 0 Å². The number of methoxy groups -OCH3 is 1. The average Bonchev–Trinajstić information content (AvgIpc) is 2.23. The molecule has 1 fully saturated rings. The van der Waals surface area contributed by atoms with E-state index < -0.39 is 16.1 Å². The van der Waals surface area contributed by atoms with E-state index in [0.717, 1.165) is 0 Å². The molecule has 0 aromatic heterocycles. The van der Waals surface area contributed by atoms with E-state index in [1.165, 1.54) is 4.31 Å². The van der Waals surface area contributed by atoms with Crippen molar-refractivity contribution in [3.8, 4) is 5.75 Å². The molecule has 0 unspecified atom stereocenters. The van der Waals surface area contributed by atoms with Gasteiger partial charge in [-0.05, 0) is 37.1 Å². The molecule has 2 rings (SSSR count). The Balaban J connectivity index is 2.45. The lowest BCUT2D eigenvalue weighted by Crippen LogP contribution is -2.53. The highest BCUT2D eigenvalue weighted by molar-refractivity contribution is 7.89. The quantitative estimate of drug-likeness (QED) is 0.878. The smallest absolute Gasteiger partial charge is 0.243 e. The van der Waals surface area contributed by atoms with Crippen LogP contribution in [0.1, 0.15) is 11.1 Å². The molecular formula is C12H17NO4S. The number of benzene rings is 1. The SMILES string of the molecule is COc1cc(C)c(S(=O)(=O)N2CC(O)C2)c(C)c1. The topological polar surface area (TPSA) is 66.8 Å². The maximum absolute atomic E-state index is 12.4. The fourth-order valence-electron chi connectivity index (χ4n) is 2.18. The van der Waals surface area contributed by atoms with Gasteiger partial charge >= 0.3 is 0 Å². The Kier molecular flexibility index (Phi) is 3.35. The summed E-state index contributed by atoms with van der Waals surface area (Å²) in [6, 6.07) is 3.41. The van der Waals surface area contributed by atoms with Crippen LogP contribution in [0, 0.1) is 13.8 Å². The summed E-state index contributed by atoms with van der Waals surface area (Å²) in [5, 5.41) is 9.22. The number of ether oxygens (including phenoxy) is 1. The predicted molar refractivity (Wildman–Crippen MR) is 67.2 cm³/mol. The lowest BCUT2D eigenvalue weighted by molar-refractivity contribution is 0.0547. The molecule has 6 heteroatoms. The van der Waals surface area contributed by atoms with E-state index in [1.54, 1.807) is 33.1 Å². The van der Waals surface area contributed by atoms with Gasteiger partial charge in [-0.15, -0.1) is 0 Å². The van der Waals surface area contributed by atoms with E-state index in [9.17, 15) is 13.5 Å². The number of hydrogen-bond acceptors (Lipinski definition) is 4. The molecule has 1 N–H and O–H groups in total. The molecule has 0 saturated carbocycles. The maximum atomic E-state index is 12.4. The number of hydrogen-bond donors (Lipinski definition) is 1. The molecule has 5 nitrogen and oxygen atoms in total. The molecule has 1 aromatic carbocycles. The van der Waals surface area contributed by atoms with Gasteiger partial charge in [0.1, 0.15) is 5.75 Å². The van der Waals surface area contributed by atoms with Crippen LogP contribution in [0.5, 0.6) is 5.75 Å². The largest absolute Gasteiger partial charge is 0.497 e. The van der Waals surface area contributed by atoms with Crippen LogP contribution in [0.4, 0.5) is 0 Å². The number of rotatable bonds is 3. The summed E-state index contributed by atoms with van der Waals surface area (Å²) < 4.78 is 31.2. The third kappa shape index (κ3) is 2.11. The van der Waals surface area contributed by atoms with E-state index >= 15 is 0 Å². The molecule has 100 valence electrons. The minimum atomic E-state index is -3.50. The van der Waals surface area contributed by atoms with Crippen LogP contribution in [0.25, 0.3) is 0 Å². The van der Waals surface area contributed by atoms with Crippen LogP contribution in [0.3, 0.4) is 0 Å². The zero-order valence-electron chi connectivity index (χ0n) is 10.7. The van der Waals surface area contributed by atoms with E-state index in [-0.39, 0.29) is 13.1 Å². The number of sulfonamides is 1. The molecule has 0 aliphatic carbocycles. The highest BCUT2D eigenvalue weighted by Gasteiger charge is 2.37. The predicted octanol–water partition coefficient (Wildman–Crippen LogP) is 0.677.